The van der Waals surface area contributed by atoms with Crippen molar-refractivity contribution in [3.63, 3.8) is 0 Å². The van der Waals surface area contributed by atoms with E-state index in [-0.39, 0.29) is 12.5 Å². The van der Waals surface area contributed by atoms with Gasteiger partial charge in [0.25, 0.3) is 0 Å². The van der Waals surface area contributed by atoms with Crippen molar-refractivity contribution in [1.82, 2.24) is 5.32 Å². The van der Waals surface area contributed by atoms with Gasteiger partial charge in [-0.3, -0.25) is 9.59 Å². The Kier molecular flexibility index (Phi) is 2.90. The summed E-state index contributed by atoms with van der Waals surface area (Å²) < 4.78 is 0. The first-order chi connectivity index (χ1) is 6.07. The van der Waals surface area contributed by atoms with Crippen LogP contribution in [0.3, 0.4) is 0 Å². The highest BCUT2D eigenvalue weighted by atomic mass is 16.4. The molecule has 74 valence electrons. The number of hydrogen-bond acceptors (Lipinski definition) is 2. The molecule has 0 aromatic heterocycles. The van der Waals surface area contributed by atoms with Gasteiger partial charge in [-0.2, -0.15) is 0 Å². The van der Waals surface area contributed by atoms with E-state index in [0.29, 0.717) is 12.8 Å². The van der Waals surface area contributed by atoms with E-state index in [0.717, 1.165) is 12.8 Å². The summed E-state index contributed by atoms with van der Waals surface area (Å²) in [6.07, 6.45) is 3.27. The number of hydrogen-bond donors (Lipinski definition) is 2. The zero-order chi connectivity index (χ0) is 9.90. The largest absolute Gasteiger partial charge is 0.481 e. The molecule has 0 saturated heterocycles. The third kappa shape index (κ3) is 2.20. The van der Waals surface area contributed by atoms with Gasteiger partial charge >= 0.3 is 5.97 Å². The van der Waals surface area contributed by atoms with Crippen molar-refractivity contribution in [3.8, 4) is 0 Å². The Morgan fingerprint density at radius 3 is 2.31 bits per heavy atom. The molecule has 0 aromatic carbocycles. The Hall–Kier alpha value is -1.06. The minimum Gasteiger partial charge on any atom is -0.481 e. The van der Waals surface area contributed by atoms with E-state index >= 15 is 0 Å². The minimum absolute atomic E-state index is 0.160. The van der Waals surface area contributed by atoms with Crippen LogP contribution in [0.4, 0.5) is 0 Å². The molecule has 0 spiro atoms. The van der Waals surface area contributed by atoms with Crippen LogP contribution in [0.1, 0.15) is 32.6 Å². The summed E-state index contributed by atoms with van der Waals surface area (Å²) in [5, 5.41) is 11.6. The number of rotatable bonds is 3. The number of carbonyl (C=O) groups is 2. The Morgan fingerprint density at radius 1 is 1.38 bits per heavy atom. The number of amides is 1. The number of carbonyl (C=O) groups excluding carboxylic acids is 1. The maximum Gasteiger partial charge on any atom is 0.311 e. The maximum absolute atomic E-state index is 11.0. The van der Waals surface area contributed by atoms with Crippen molar-refractivity contribution in [3.05, 3.63) is 0 Å². The van der Waals surface area contributed by atoms with Gasteiger partial charge in [-0.05, 0) is 12.8 Å². The Bertz CT molecular complexity index is 219. The van der Waals surface area contributed by atoms with Crippen LogP contribution < -0.4 is 5.32 Å². The molecule has 0 aromatic rings. The summed E-state index contributed by atoms with van der Waals surface area (Å²) in [5.74, 6) is -0.939. The first-order valence-electron chi connectivity index (χ1n) is 4.55. The molecule has 0 aliphatic heterocycles. The van der Waals surface area contributed by atoms with Crippen LogP contribution in [0.2, 0.25) is 0 Å². The standard InChI is InChI=1S/C9H15NO3/c1-7(11)10-6-9(8(12)13)4-2-3-5-9/h2-6H2,1H3,(H,10,11)(H,12,13). The highest BCUT2D eigenvalue weighted by Crippen LogP contribution is 2.37. The maximum atomic E-state index is 11.0. The lowest BCUT2D eigenvalue weighted by Crippen LogP contribution is -2.40. The SMILES string of the molecule is CC(=O)NCC1(C(=O)O)CCCC1. The van der Waals surface area contributed by atoms with Crippen LogP contribution in [0, 0.1) is 5.41 Å². The highest BCUT2D eigenvalue weighted by molar-refractivity contribution is 5.78. The lowest BCUT2D eigenvalue weighted by Gasteiger charge is -2.23. The van der Waals surface area contributed by atoms with E-state index < -0.39 is 11.4 Å². The molecule has 1 aliphatic rings. The summed E-state index contributed by atoms with van der Waals surface area (Å²) in [6.45, 7) is 1.68. The number of carboxylic acid groups (broad SMARTS) is 1. The molecule has 4 nitrogen and oxygen atoms in total. The first kappa shape index (κ1) is 10.0. The minimum atomic E-state index is -0.779. The van der Waals surface area contributed by atoms with Gasteiger partial charge in [0, 0.05) is 13.5 Å². The van der Waals surface area contributed by atoms with Crippen LogP contribution in [-0.4, -0.2) is 23.5 Å². The van der Waals surface area contributed by atoms with Gasteiger partial charge in [0.1, 0.15) is 0 Å². The van der Waals surface area contributed by atoms with E-state index in [1.165, 1.54) is 6.92 Å². The van der Waals surface area contributed by atoms with Gasteiger partial charge in [0.05, 0.1) is 5.41 Å². The third-order valence-corrected chi connectivity index (χ3v) is 2.69. The second-order valence-electron chi connectivity index (χ2n) is 3.70. The number of nitrogens with one attached hydrogen (secondary N) is 1. The lowest BCUT2D eigenvalue weighted by atomic mass is 9.86. The van der Waals surface area contributed by atoms with E-state index in [1.807, 2.05) is 0 Å². The molecule has 0 unspecified atom stereocenters. The number of aliphatic carboxylic acids is 1. The van der Waals surface area contributed by atoms with Crippen LogP contribution in [0.5, 0.6) is 0 Å². The van der Waals surface area contributed by atoms with Crippen molar-refractivity contribution >= 4 is 11.9 Å². The van der Waals surface area contributed by atoms with Crippen LogP contribution in [0.25, 0.3) is 0 Å². The quantitative estimate of drug-likeness (QED) is 0.682. The van der Waals surface area contributed by atoms with Gasteiger partial charge in [-0.25, -0.2) is 0 Å². The highest BCUT2D eigenvalue weighted by Gasteiger charge is 2.41. The van der Waals surface area contributed by atoms with Gasteiger partial charge in [-0.1, -0.05) is 12.8 Å². The molecular formula is C9H15NO3. The summed E-state index contributed by atoms with van der Waals surface area (Å²) >= 11 is 0. The van der Waals surface area contributed by atoms with E-state index in [4.69, 9.17) is 5.11 Å². The van der Waals surface area contributed by atoms with Crippen LogP contribution >= 0.6 is 0 Å². The predicted molar refractivity (Wildman–Crippen MR) is 47.2 cm³/mol. The monoisotopic (exact) mass is 185 g/mol. The average molecular weight is 185 g/mol. The zero-order valence-corrected chi connectivity index (χ0v) is 7.80. The van der Waals surface area contributed by atoms with E-state index in [2.05, 4.69) is 5.32 Å². The van der Waals surface area contributed by atoms with Gasteiger partial charge in [0.2, 0.25) is 5.91 Å². The topological polar surface area (TPSA) is 66.4 Å². The first-order valence-corrected chi connectivity index (χ1v) is 4.55. The normalized spacial score (nSPS) is 19.8. The molecule has 0 heterocycles. The smallest absolute Gasteiger partial charge is 0.311 e. The molecule has 1 aliphatic carbocycles. The molecule has 0 atom stereocenters. The Balaban J connectivity index is 2.57. The van der Waals surface area contributed by atoms with Crippen molar-refractivity contribution in [1.29, 1.82) is 0 Å². The molecule has 0 radical (unpaired) electrons. The Morgan fingerprint density at radius 2 is 1.92 bits per heavy atom. The molecule has 4 heteroatoms. The van der Waals surface area contributed by atoms with Gasteiger partial charge in [-0.15, -0.1) is 0 Å². The molecule has 2 N–H and O–H groups in total. The molecule has 1 rings (SSSR count). The van der Waals surface area contributed by atoms with Crippen molar-refractivity contribution in [2.24, 2.45) is 5.41 Å². The summed E-state index contributed by atoms with van der Waals surface area (Å²) in [5.41, 5.74) is -0.689. The fraction of sp³-hybridized carbons (Fsp3) is 0.778. The second-order valence-corrected chi connectivity index (χ2v) is 3.70. The van der Waals surface area contributed by atoms with Gasteiger partial charge in [0.15, 0.2) is 0 Å². The predicted octanol–water partition coefficient (Wildman–Crippen LogP) is 0.767. The third-order valence-electron chi connectivity index (χ3n) is 2.69. The second kappa shape index (κ2) is 3.77. The summed E-state index contributed by atoms with van der Waals surface area (Å²) in [4.78, 5) is 21.6. The number of carboxylic acids is 1. The van der Waals surface area contributed by atoms with Gasteiger partial charge < -0.3 is 10.4 Å². The van der Waals surface area contributed by atoms with E-state index in [1.54, 1.807) is 0 Å². The lowest BCUT2D eigenvalue weighted by molar-refractivity contribution is -0.148. The molecule has 1 saturated carbocycles. The van der Waals surface area contributed by atoms with Crippen LogP contribution in [0.15, 0.2) is 0 Å². The fourth-order valence-electron chi connectivity index (χ4n) is 1.81. The molecular weight excluding hydrogens is 170 g/mol. The molecule has 13 heavy (non-hydrogen) atoms. The van der Waals surface area contributed by atoms with Crippen molar-refractivity contribution in [2.75, 3.05) is 6.54 Å². The molecule has 0 bridgehead atoms. The zero-order valence-electron chi connectivity index (χ0n) is 7.80. The molecule has 1 fully saturated rings. The van der Waals surface area contributed by atoms with Crippen molar-refractivity contribution < 1.29 is 14.7 Å². The molecule has 1 amide bonds. The van der Waals surface area contributed by atoms with E-state index in [9.17, 15) is 9.59 Å². The Labute approximate surface area is 77.3 Å². The van der Waals surface area contributed by atoms with Crippen molar-refractivity contribution in [2.45, 2.75) is 32.6 Å². The van der Waals surface area contributed by atoms with Crippen LogP contribution in [-0.2, 0) is 9.59 Å². The fourth-order valence-corrected chi connectivity index (χ4v) is 1.81. The average Bonchev–Trinajstić information content (AvgIpc) is 2.50. The summed E-state index contributed by atoms with van der Waals surface area (Å²) in [7, 11) is 0. The summed E-state index contributed by atoms with van der Waals surface area (Å²) in [6, 6.07) is 0.